The number of rotatable bonds is 7. The molecule has 11 heteroatoms. The van der Waals surface area contributed by atoms with Crippen LogP contribution in [0, 0.1) is 5.92 Å². The zero-order valence-electron chi connectivity index (χ0n) is 18.6. The van der Waals surface area contributed by atoms with Gasteiger partial charge in [-0.25, -0.2) is 23.9 Å². The van der Waals surface area contributed by atoms with E-state index in [0.717, 1.165) is 36.3 Å². The average molecular weight is 483 g/mol. The van der Waals surface area contributed by atoms with Crippen molar-refractivity contribution < 1.29 is 18.4 Å². The first kappa shape index (κ1) is 23.5. The number of carbonyl (C=O) groups is 1. The van der Waals surface area contributed by atoms with Crippen LogP contribution in [0.25, 0.3) is 11.3 Å². The van der Waals surface area contributed by atoms with Crippen LogP contribution >= 0.6 is 0 Å². The Labute approximate surface area is 198 Å². The van der Waals surface area contributed by atoms with E-state index in [1.54, 1.807) is 42.0 Å². The van der Waals surface area contributed by atoms with Gasteiger partial charge in [0, 0.05) is 47.8 Å². The molecule has 178 valence electrons. The molecule has 1 amide bonds. The third-order valence-electron chi connectivity index (χ3n) is 5.60. The third kappa shape index (κ3) is 6.00. The number of nitrogens with zero attached hydrogens (tertiary/aromatic N) is 3. The summed E-state index contributed by atoms with van der Waals surface area (Å²) in [6, 6.07) is 16.6. The fraction of sp³-hybridized carbons (Fsp3) is 0.261. The fourth-order valence-electron chi connectivity index (χ4n) is 3.88. The van der Waals surface area contributed by atoms with E-state index in [0.29, 0.717) is 30.2 Å². The van der Waals surface area contributed by atoms with Gasteiger partial charge in [-0.05, 0) is 55.3 Å². The molecular weight excluding hydrogens is 456 g/mol. The first-order valence-corrected chi connectivity index (χ1v) is 12.7. The van der Waals surface area contributed by atoms with Crippen LogP contribution in [0.1, 0.15) is 12.8 Å². The number of benzene rings is 2. The minimum Gasteiger partial charge on any atom is -0.371 e. The molecule has 0 bridgehead atoms. The van der Waals surface area contributed by atoms with E-state index in [9.17, 15) is 13.2 Å². The molecule has 1 aliphatic rings. The molecule has 0 unspecified atom stereocenters. The van der Waals surface area contributed by atoms with E-state index in [-0.39, 0.29) is 11.8 Å². The number of aromatic nitrogens is 2. The van der Waals surface area contributed by atoms with Crippen LogP contribution in [0.5, 0.6) is 0 Å². The Hall–Kier alpha value is -3.70. The highest BCUT2D eigenvalue weighted by molar-refractivity contribution is 7.92. The van der Waals surface area contributed by atoms with Crippen molar-refractivity contribution in [2.24, 2.45) is 5.92 Å². The molecule has 0 radical (unpaired) electrons. The molecule has 4 N–H and O–H groups in total. The van der Waals surface area contributed by atoms with E-state index >= 15 is 0 Å². The van der Waals surface area contributed by atoms with Gasteiger partial charge in [0.2, 0.25) is 21.9 Å². The number of amides is 1. The fourth-order valence-corrected chi connectivity index (χ4v) is 4.44. The lowest BCUT2D eigenvalue weighted by Gasteiger charge is -2.32. The van der Waals surface area contributed by atoms with Gasteiger partial charge < -0.3 is 10.2 Å². The number of sulfonamides is 1. The largest absolute Gasteiger partial charge is 0.371 e. The van der Waals surface area contributed by atoms with Crippen molar-refractivity contribution in [2.75, 3.05) is 34.3 Å². The minimum absolute atomic E-state index is 0.154. The van der Waals surface area contributed by atoms with Crippen LogP contribution in [0.15, 0.2) is 60.8 Å². The lowest BCUT2D eigenvalue weighted by molar-refractivity contribution is -0.134. The quantitative estimate of drug-likeness (QED) is 0.298. The van der Waals surface area contributed by atoms with Crippen molar-refractivity contribution >= 4 is 38.9 Å². The first-order chi connectivity index (χ1) is 16.3. The van der Waals surface area contributed by atoms with Crippen LogP contribution < -0.4 is 20.4 Å². The van der Waals surface area contributed by atoms with E-state index in [2.05, 4.69) is 24.9 Å². The summed E-state index contributed by atoms with van der Waals surface area (Å²) >= 11 is 0. The zero-order valence-corrected chi connectivity index (χ0v) is 19.4. The van der Waals surface area contributed by atoms with Gasteiger partial charge in [-0.15, -0.1) is 0 Å². The molecule has 1 aliphatic heterocycles. The van der Waals surface area contributed by atoms with Crippen LogP contribution in [-0.2, 0) is 14.8 Å². The summed E-state index contributed by atoms with van der Waals surface area (Å²) in [6.07, 6.45) is 4.15. The van der Waals surface area contributed by atoms with Crippen molar-refractivity contribution in [1.82, 2.24) is 15.4 Å². The molecule has 1 aromatic heterocycles. The smallest absolute Gasteiger partial charge is 0.246 e. The van der Waals surface area contributed by atoms with Gasteiger partial charge in [0.25, 0.3) is 0 Å². The number of carbonyl (C=O) groups excluding carboxylic acids is 1. The van der Waals surface area contributed by atoms with Gasteiger partial charge in [0.1, 0.15) is 0 Å². The maximum absolute atomic E-state index is 11.6. The SMILES string of the molecule is CS(=O)(=O)Nc1ccc(-c2ccnc(Nc3ccc(N4CCC(C(=O)NO)CC4)cc3)n2)cc1. The Morgan fingerprint density at radius 2 is 1.65 bits per heavy atom. The molecule has 0 atom stereocenters. The Bertz CT molecular complexity index is 1240. The molecule has 1 saturated heterocycles. The topological polar surface area (TPSA) is 137 Å². The molecule has 10 nitrogen and oxygen atoms in total. The summed E-state index contributed by atoms with van der Waals surface area (Å²) in [6.45, 7) is 1.49. The second-order valence-electron chi connectivity index (χ2n) is 8.13. The summed E-state index contributed by atoms with van der Waals surface area (Å²) in [5.41, 5.74) is 5.66. The molecule has 34 heavy (non-hydrogen) atoms. The summed E-state index contributed by atoms with van der Waals surface area (Å²) in [5, 5.41) is 12.0. The minimum atomic E-state index is -3.33. The molecular formula is C23H26N6O4S. The Morgan fingerprint density at radius 1 is 1.00 bits per heavy atom. The number of anilines is 4. The maximum atomic E-state index is 11.6. The normalized spacial score (nSPS) is 14.5. The average Bonchev–Trinajstić information content (AvgIpc) is 2.84. The van der Waals surface area contributed by atoms with Crippen molar-refractivity contribution in [2.45, 2.75) is 12.8 Å². The molecule has 0 aliphatic carbocycles. The Kier molecular flexibility index (Phi) is 6.94. The Balaban J connectivity index is 1.39. The van der Waals surface area contributed by atoms with Crippen molar-refractivity contribution in [3.05, 3.63) is 60.8 Å². The molecule has 0 saturated carbocycles. The van der Waals surface area contributed by atoms with Crippen molar-refractivity contribution in [1.29, 1.82) is 0 Å². The molecule has 2 aromatic carbocycles. The number of piperidine rings is 1. The van der Waals surface area contributed by atoms with Crippen LogP contribution in [0.3, 0.4) is 0 Å². The van der Waals surface area contributed by atoms with Crippen molar-refractivity contribution in [3.8, 4) is 11.3 Å². The highest BCUT2D eigenvalue weighted by Gasteiger charge is 2.24. The number of hydrogen-bond acceptors (Lipinski definition) is 8. The van der Waals surface area contributed by atoms with E-state index in [4.69, 9.17) is 5.21 Å². The van der Waals surface area contributed by atoms with Gasteiger partial charge in [-0.3, -0.25) is 14.7 Å². The predicted octanol–water partition coefficient (Wildman–Crippen LogP) is 2.98. The lowest BCUT2D eigenvalue weighted by atomic mass is 9.96. The summed E-state index contributed by atoms with van der Waals surface area (Å²) in [7, 11) is -3.33. The van der Waals surface area contributed by atoms with E-state index < -0.39 is 10.0 Å². The monoisotopic (exact) mass is 482 g/mol. The highest BCUT2D eigenvalue weighted by atomic mass is 32.2. The van der Waals surface area contributed by atoms with Gasteiger partial charge in [-0.2, -0.15) is 0 Å². The molecule has 4 rings (SSSR count). The van der Waals surface area contributed by atoms with Gasteiger partial charge in [0.15, 0.2) is 0 Å². The highest BCUT2D eigenvalue weighted by Crippen LogP contribution is 2.26. The number of nitrogens with one attached hydrogen (secondary N) is 3. The van der Waals surface area contributed by atoms with Crippen LogP contribution in [0.2, 0.25) is 0 Å². The zero-order chi connectivity index (χ0) is 24.1. The third-order valence-corrected chi connectivity index (χ3v) is 6.21. The van der Waals surface area contributed by atoms with Gasteiger partial charge in [-0.1, -0.05) is 12.1 Å². The van der Waals surface area contributed by atoms with Crippen LogP contribution in [-0.4, -0.2) is 48.8 Å². The number of hydrogen-bond donors (Lipinski definition) is 4. The standard InChI is InChI=1S/C23H26N6O4S/c1-34(32,33)28-19-4-2-16(3-5-19)21-10-13-24-23(26-21)25-18-6-8-20(9-7-18)29-14-11-17(12-15-29)22(30)27-31/h2-10,13,17,28,31H,11-12,14-15H2,1H3,(H,27,30)(H,24,25,26). The lowest BCUT2D eigenvalue weighted by Crippen LogP contribution is -2.39. The second kappa shape index (κ2) is 10.1. The molecule has 3 aromatic rings. The van der Waals surface area contributed by atoms with Crippen molar-refractivity contribution in [3.63, 3.8) is 0 Å². The Morgan fingerprint density at radius 3 is 2.26 bits per heavy atom. The van der Waals surface area contributed by atoms with Gasteiger partial charge in [0.05, 0.1) is 11.9 Å². The summed E-state index contributed by atoms with van der Waals surface area (Å²) in [5.74, 6) is -0.0267. The summed E-state index contributed by atoms with van der Waals surface area (Å²) < 4.78 is 25.2. The van der Waals surface area contributed by atoms with E-state index in [1.807, 2.05) is 24.3 Å². The second-order valence-corrected chi connectivity index (χ2v) is 9.87. The maximum Gasteiger partial charge on any atom is 0.246 e. The molecule has 2 heterocycles. The number of hydroxylamine groups is 1. The molecule has 1 fully saturated rings. The van der Waals surface area contributed by atoms with Crippen LogP contribution in [0.4, 0.5) is 23.0 Å². The summed E-state index contributed by atoms with van der Waals surface area (Å²) in [4.78, 5) is 22.6. The molecule has 0 spiro atoms. The predicted molar refractivity (Wildman–Crippen MR) is 131 cm³/mol. The van der Waals surface area contributed by atoms with Gasteiger partial charge >= 0.3 is 0 Å². The van der Waals surface area contributed by atoms with E-state index in [1.165, 1.54) is 0 Å². The first-order valence-electron chi connectivity index (χ1n) is 10.8.